The van der Waals surface area contributed by atoms with Crippen molar-refractivity contribution in [2.45, 2.75) is 47.5 Å². The maximum atomic E-state index is 5.36. The molecule has 0 N–H and O–H groups in total. The molecule has 65 heavy (non-hydrogen) atoms. The average molecular weight is 840 g/mol. The lowest BCUT2D eigenvalue weighted by Crippen LogP contribution is -2.08. The van der Waals surface area contributed by atoms with Crippen LogP contribution in [-0.2, 0) is 6.42 Å². The van der Waals surface area contributed by atoms with E-state index in [1.807, 2.05) is 27.7 Å². The molecule has 3 heteroatoms. The van der Waals surface area contributed by atoms with E-state index in [2.05, 4.69) is 208 Å². The molecule has 3 nitrogen and oxygen atoms in total. The quantitative estimate of drug-likeness (QED) is 0.150. The molecular weight excluding hydrogens is 787 g/mol. The number of pyridine rings is 2. The van der Waals surface area contributed by atoms with Crippen LogP contribution in [0.15, 0.2) is 200 Å². The van der Waals surface area contributed by atoms with Gasteiger partial charge in [-0.2, -0.15) is 0 Å². The zero-order chi connectivity index (χ0) is 44.9. The van der Waals surface area contributed by atoms with Gasteiger partial charge in [-0.1, -0.05) is 192 Å². The summed E-state index contributed by atoms with van der Waals surface area (Å²) in [4.78, 5) is 15.9. The Bertz CT molecular complexity index is 3460. The van der Waals surface area contributed by atoms with Crippen molar-refractivity contribution >= 4 is 66.4 Å². The highest BCUT2D eigenvalue weighted by Gasteiger charge is 2.18. The van der Waals surface area contributed by atoms with Crippen LogP contribution in [0.2, 0.25) is 0 Å². The molecule has 0 spiro atoms. The van der Waals surface area contributed by atoms with E-state index in [0.717, 1.165) is 108 Å². The van der Waals surface area contributed by atoms with Crippen molar-refractivity contribution in [2.24, 2.45) is 4.99 Å². The minimum atomic E-state index is 0.876. The summed E-state index contributed by atoms with van der Waals surface area (Å²) in [6.07, 6.45) is 6.07. The molecule has 1 aliphatic heterocycles. The maximum Gasteiger partial charge on any atom is 0.0968 e. The smallest absolute Gasteiger partial charge is 0.0968 e. The summed E-state index contributed by atoms with van der Waals surface area (Å²) in [7, 11) is 0. The molecule has 0 saturated heterocycles. The second-order valence-corrected chi connectivity index (χ2v) is 16.1. The normalized spacial score (nSPS) is 12.0. The number of rotatable bonds is 7. The van der Waals surface area contributed by atoms with Gasteiger partial charge >= 0.3 is 0 Å². The molecular formula is C62H53N3. The number of benzene rings is 8. The molecule has 8 aromatic carbocycles. The molecule has 10 aromatic rings. The van der Waals surface area contributed by atoms with Gasteiger partial charge in [-0.05, 0) is 122 Å². The molecule has 0 bridgehead atoms. The van der Waals surface area contributed by atoms with E-state index in [4.69, 9.17) is 15.0 Å². The first-order valence-corrected chi connectivity index (χ1v) is 23.0. The number of aryl methyl sites for hydroxylation is 2. The molecule has 11 rings (SSSR count). The third-order valence-corrected chi connectivity index (χ3v) is 12.3. The van der Waals surface area contributed by atoms with Crippen LogP contribution >= 0.6 is 0 Å². The lowest BCUT2D eigenvalue weighted by Gasteiger charge is -2.18. The fourth-order valence-corrected chi connectivity index (χ4v) is 8.80. The van der Waals surface area contributed by atoms with Gasteiger partial charge in [0.25, 0.3) is 0 Å². The average Bonchev–Trinajstić information content (AvgIpc) is 3.39. The Balaban J connectivity index is 0.00000130. The van der Waals surface area contributed by atoms with Gasteiger partial charge in [-0.25, -0.2) is 9.97 Å². The summed E-state index contributed by atoms with van der Waals surface area (Å²) in [6, 6.07) is 64.9. The van der Waals surface area contributed by atoms with Gasteiger partial charge < -0.3 is 0 Å². The first-order valence-electron chi connectivity index (χ1n) is 23.0. The number of nitrogens with zero attached hydrogens (tertiary/aromatic N) is 3. The van der Waals surface area contributed by atoms with Crippen molar-refractivity contribution in [1.29, 1.82) is 0 Å². The number of hydrogen-bond donors (Lipinski definition) is 0. The predicted molar refractivity (Wildman–Crippen MR) is 281 cm³/mol. The summed E-state index contributed by atoms with van der Waals surface area (Å²) < 4.78 is 0. The summed E-state index contributed by atoms with van der Waals surface area (Å²) in [6.45, 7) is 14.5. The molecule has 0 fully saturated rings. The van der Waals surface area contributed by atoms with Gasteiger partial charge in [0, 0.05) is 27.6 Å². The summed E-state index contributed by atoms with van der Waals surface area (Å²) in [5, 5.41) is 7.12. The van der Waals surface area contributed by atoms with Crippen LogP contribution in [0.5, 0.6) is 0 Å². The molecule has 0 amide bonds. The van der Waals surface area contributed by atoms with Crippen LogP contribution in [0.4, 0.5) is 5.69 Å². The fraction of sp³-hybridized carbons (Fsp3) is 0.113. The molecule has 0 atom stereocenters. The molecule has 3 heterocycles. The lowest BCUT2D eigenvalue weighted by molar-refractivity contribution is 1.01. The molecule has 0 radical (unpaired) electrons. The fourth-order valence-electron chi connectivity index (χ4n) is 8.80. The molecule has 0 saturated carbocycles. The monoisotopic (exact) mass is 839 g/mol. The number of fused-ring (bicyclic) bond motifs is 6. The molecule has 0 aliphatic carbocycles. The third kappa shape index (κ3) is 8.66. The molecule has 1 aliphatic rings. The Morgan fingerprint density at radius 3 is 1.72 bits per heavy atom. The molecule has 2 aromatic heterocycles. The lowest BCUT2D eigenvalue weighted by atomic mass is 9.93. The Kier molecular flexibility index (Phi) is 12.4. The maximum absolute atomic E-state index is 5.36. The van der Waals surface area contributed by atoms with Crippen LogP contribution < -0.4 is 0 Å². The van der Waals surface area contributed by atoms with E-state index in [1.165, 1.54) is 27.1 Å². The van der Waals surface area contributed by atoms with Crippen molar-refractivity contribution in [2.75, 3.05) is 0 Å². The molecule has 0 unspecified atom stereocenters. The first kappa shape index (κ1) is 42.5. The van der Waals surface area contributed by atoms with Crippen LogP contribution in [0.1, 0.15) is 61.9 Å². The summed E-state index contributed by atoms with van der Waals surface area (Å²) in [5.41, 5.74) is 17.2. The summed E-state index contributed by atoms with van der Waals surface area (Å²) >= 11 is 0. The highest BCUT2D eigenvalue weighted by Crippen LogP contribution is 2.37. The van der Waals surface area contributed by atoms with Crippen molar-refractivity contribution < 1.29 is 0 Å². The highest BCUT2D eigenvalue weighted by atomic mass is 14.8. The number of allylic oxidation sites excluding steroid dienone is 2. The number of hydrogen-bond acceptors (Lipinski definition) is 3. The van der Waals surface area contributed by atoms with E-state index in [1.54, 1.807) is 0 Å². The van der Waals surface area contributed by atoms with Crippen LogP contribution in [0, 0.1) is 6.92 Å². The van der Waals surface area contributed by atoms with Crippen molar-refractivity contribution in [3.63, 3.8) is 0 Å². The van der Waals surface area contributed by atoms with Gasteiger partial charge in [0.1, 0.15) is 0 Å². The van der Waals surface area contributed by atoms with E-state index >= 15 is 0 Å². The van der Waals surface area contributed by atoms with E-state index in [-0.39, 0.29) is 0 Å². The molecule has 316 valence electrons. The Labute approximate surface area is 383 Å². The second-order valence-electron chi connectivity index (χ2n) is 16.1. The van der Waals surface area contributed by atoms with Crippen molar-refractivity contribution in [3.05, 3.63) is 222 Å². The highest BCUT2D eigenvalue weighted by molar-refractivity contribution is 6.07. The predicted octanol–water partition coefficient (Wildman–Crippen LogP) is 17.2. The van der Waals surface area contributed by atoms with Gasteiger partial charge in [-0.3, -0.25) is 4.99 Å². The van der Waals surface area contributed by atoms with Crippen molar-refractivity contribution in [1.82, 2.24) is 9.97 Å². The van der Waals surface area contributed by atoms with Crippen LogP contribution in [0.3, 0.4) is 0 Å². The van der Waals surface area contributed by atoms with E-state index in [0.29, 0.717) is 0 Å². The third-order valence-electron chi connectivity index (χ3n) is 12.3. The van der Waals surface area contributed by atoms with Gasteiger partial charge in [0.05, 0.1) is 28.1 Å². The Hall–Kier alpha value is -7.75. The van der Waals surface area contributed by atoms with E-state index in [9.17, 15) is 0 Å². The van der Waals surface area contributed by atoms with Crippen molar-refractivity contribution in [3.8, 4) is 33.6 Å². The Morgan fingerprint density at radius 1 is 0.462 bits per heavy atom. The zero-order valence-corrected chi connectivity index (χ0v) is 37.9. The minimum Gasteiger partial charge on any atom is -0.250 e. The van der Waals surface area contributed by atoms with Gasteiger partial charge in [0.15, 0.2) is 0 Å². The van der Waals surface area contributed by atoms with Gasteiger partial charge in [0.2, 0.25) is 0 Å². The van der Waals surface area contributed by atoms with E-state index < -0.39 is 0 Å². The zero-order valence-electron chi connectivity index (χ0n) is 37.9. The summed E-state index contributed by atoms with van der Waals surface area (Å²) in [5.74, 6) is 0. The topological polar surface area (TPSA) is 38.1 Å². The first-order chi connectivity index (χ1) is 32.0. The standard InChI is InChI=1S/C58H41N3.2C2H6/c1-37(45-25-20-40-9-3-5-11-46(40)33-45)17-18-39-19-22-42-27-30-53(59-56(42)38(39)2)50-15-7-13-48(35-50)49-14-8-16-51(36-49)54-31-28-43-23-24-44-29-32-55(61-58(44)57(43)60-54)52-26-21-41-10-4-6-12-47(41)34-52;2*1-2/h3-27,29-30,32-36H,1,28,31H2,2H3;2*1-2H3/b18-17-;;. The number of aliphatic imine (C=N–C) groups is 1. The second kappa shape index (κ2) is 18.9. The number of aromatic nitrogens is 2. The minimum absolute atomic E-state index is 0.876. The van der Waals surface area contributed by atoms with Gasteiger partial charge in [-0.15, -0.1) is 0 Å². The Morgan fingerprint density at radius 2 is 1.00 bits per heavy atom. The largest absolute Gasteiger partial charge is 0.250 e. The SMILES string of the molecule is C=C(/C=C\c1ccc2ccc(-c3cccc(-c4cccc(C5=Nc6c(ccc7ccc(-c8ccc9ccccc9c8)nc67)CC5)c4)c3)nc2c1C)c1ccc2ccccc2c1.CC.CC. The van der Waals surface area contributed by atoms with Crippen LogP contribution in [0.25, 0.3) is 88.6 Å². The van der Waals surface area contributed by atoms with Crippen LogP contribution in [-0.4, -0.2) is 15.7 Å².